The molecule has 0 aliphatic carbocycles. The molecule has 5 rings (SSSR count). The third kappa shape index (κ3) is 5.34. The molecular formula is C30H29ClN4O4. The second-order valence-corrected chi connectivity index (χ2v) is 9.78. The number of nitrogens with one attached hydrogen (secondary N) is 2. The topological polar surface area (TPSA) is 116 Å². The van der Waals surface area contributed by atoms with Crippen LogP contribution in [-0.2, 0) is 0 Å². The molecule has 0 unspecified atom stereocenters. The number of rotatable bonds is 9. The molecule has 0 spiro atoms. The van der Waals surface area contributed by atoms with Crippen LogP contribution in [0.3, 0.4) is 0 Å². The summed E-state index contributed by atoms with van der Waals surface area (Å²) in [7, 11) is 0. The number of aromatic amines is 2. The van der Waals surface area contributed by atoms with Crippen molar-refractivity contribution in [2.75, 3.05) is 13.2 Å². The maximum atomic E-state index is 13.4. The molecule has 0 amide bonds. The van der Waals surface area contributed by atoms with Crippen LogP contribution in [0.15, 0.2) is 83.7 Å². The number of benzene rings is 3. The van der Waals surface area contributed by atoms with Gasteiger partial charge in [0.05, 0.1) is 12.3 Å². The molecule has 200 valence electrons. The van der Waals surface area contributed by atoms with E-state index in [2.05, 4.69) is 9.97 Å². The smallest absolute Gasteiger partial charge is 0.329 e. The van der Waals surface area contributed by atoms with Crippen molar-refractivity contribution in [3.05, 3.63) is 111 Å². The van der Waals surface area contributed by atoms with E-state index in [0.29, 0.717) is 27.9 Å². The van der Waals surface area contributed by atoms with Gasteiger partial charge in [-0.25, -0.2) is 9.78 Å². The summed E-state index contributed by atoms with van der Waals surface area (Å²) in [5, 5.41) is 21.1. The van der Waals surface area contributed by atoms with Crippen molar-refractivity contribution in [1.29, 1.82) is 0 Å². The molecule has 2 aromatic heterocycles. The Morgan fingerprint density at radius 1 is 0.974 bits per heavy atom. The zero-order valence-electron chi connectivity index (χ0n) is 21.6. The number of aryl methyl sites for hydroxylation is 1. The first kappa shape index (κ1) is 26.3. The molecule has 0 radical (unpaired) electrons. The minimum atomic E-state index is -0.642. The van der Waals surface area contributed by atoms with Crippen molar-refractivity contribution in [2.45, 2.75) is 25.8 Å². The van der Waals surface area contributed by atoms with Crippen LogP contribution in [0.2, 0.25) is 5.02 Å². The molecule has 2 heterocycles. The summed E-state index contributed by atoms with van der Waals surface area (Å²) in [6.07, 6.45) is 0. The fourth-order valence-electron chi connectivity index (χ4n) is 4.81. The van der Waals surface area contributed by atoms with Gasteiger partial charge in [-0.05, 0) is 48.9 Å². The van der Waals surface area contributed by atoms with Crippen LogP contribution in [0.25, 0.3) is 22.5 Å². The van der Waals surface area contributed by atoms with Crippen molar-refractivity contribution in [3.63, 3.8) is 0 Å². The van der Waals surface area contributed by atoms with Gasteiger partial charge in [-0.3, -0.25) is 4.57 Å². The highest BCUT2D eigenvalue weighted by Crippen LogP contribution is 2.38. The van der Waals surface area contributed by atoms with Gasteiger partial charge in [0.15, 0.2) is 0 Å². The number of aliphatic hydroxyl groups excluding tert-OH is 1. The lowest BCUT2D eigenvalue weighted by atomic mass is 9.92. The van der Waals surface area contributed by atoms with E-state index in [0.717, 1.165) is 22.5 Å². The highest BCUT2D eigenvalue weighted by Gasteiger charge is 2.32. The number of ether oxygens (including phenoxy) is 1. The van der Waals surface area contributed by atoms with Crippen molar-refractivity contribution in [2.24, 2.45) is 0 Å². The number of hydrogen-bond acceptors (Lipinski definition) is 5. The summed E-state index contributed by atoms with van der Waals surface area (Å²) in [4.78, 5) is 24.5. The highest BCUT2D eigenvalue weighted by molar-refractivity contribution is 6.30. The average Bonchev–Trinajstić information content (AvgIpc) is 3.48. The Bertz CT molecular complexity index is 1610. The van der Waals surface area contributed by atoms with Crippen LogP contribution in [0.4, 0.5) is 0 Å². The first-order valence-electron chi connectivity index (χ1n) is 12.6. The molecule has 3 aromatic carbocycles. The fraction of sp³-hybridized carbons (Fsp3) is 0.200. The van der Waals surface area contributed by atoms with Crippen molar-refractivity contribution in [3.8, 4) is 34.1 Å². The molecule has 5 aromatic rings. The van der Waals surface area contributed by atoms with E-state index in [-0.39, 0.29) is 25.0 Å². The third-order valence-corrected chi connectivity index (χ3v) is 7.04. The number of aromatic nitrogens is 4. The summed E-state index contributed by atoms with van der Waals surface area (Å²) in [5.41, 5.74) is 3.90. The molecule has 0 fully saturated rings. The van der Waals surface area contributed by atoms with Gasteiger partial charge in [-0.1, -0.05) is 61.0 Å². The minimum absolute atomic E-state index is 0.0916. The summed E-state index contributed by atoms with van der Waals surface area (Å²) < 4.78 is 6.78. The van der Waals surface area contributed by atoms with Crippen LogP contribution in [0.5, 0.6) is 11.6 Å². The van der Waals surface area contributed by atoms with Gasteiger partial charge in [0.1, 0.15) is 29.9 Å². The largest absolute Gasteiger partial charge is 0.493 e. The van der Waals surface area contributed by atoms with Gasteiger partial charge in [-0.15, -0.1) is 0 Å². The lowest BCUT2D eigenvalue weighted by Crippen LogP contribution is -2.27. The van der Waals surface area contributed by atoms with E-state index in [1.54, 1.807) is 24.3 Å². The number of H-pyrrole nitrogens is 2. The predicted molar refractivity (Wildman–Crippen MR) is 152 cm³/mol. The Labute approximate surface area is 230 Å². The molecule has 39 heavy (non-hydrogen) atoms. The molecule has 0 aliphatic rings. The average molecular weight is 545 g/mol. The number of aliphatic hydroxyl groups is 1. The number of hydrogen-bond donors (Lipinski definition) is 4. The highest BCUT2D eigenvalue weighted by atomic mass is 35.5. The molecule has 0 saturated carbocycles. The summed E-state index contributed by atoms with van der Waals surface area (Å²) in [6, 6.07) is 23.5. The number of imidazole rings is 2. The van der Waals surface area contributed by atoms with Crippen LogP contribution in [0.1, 0.15) is 36.0 Å². The van der Waals surface area contributed by atoms with Crippen LogP contribution in [-0.4, -0.2) is 42.9 Å². The first-order valence-corrected chi connectivity index (χ1v) is 13.0. The number of aromatic hydroxyl groups is 1. The lowest BCUT2D eigenvalue weighted by molar-refractivity contribution is 0.201. The van der Waals surface area contributed by atoms with Gasteiger partial charge >= 0.3 is 5.69 Å². The van der Waals surface area contributed by atoms with Crippen LogP contribution < -0.4 is 10.4 Å². The van der Waals surface area contributed by atoms with E-state index in [4.69, 9.17) is 26.4 Å². The molecule has 9 heteroatoms. The predicted octanol–water partition coefficient (Wildman–Crippen LogP) is 5.67. The van der Waals surface area contributed by atoms with Crippen LogP contribution >= 0.6 is 11.6 Å². The zero-order chi connectivity index (χ0) is 27.5. The molecule has 0 saturated heterocycles. The van der Waals surface area contributed by atoms with E-state index in [1.165, 1.54) is 4.57 Å². The van der Waals surface area contributed by atoms with Gasteiger partial charge in [0, 0.05) is 27.8 Å². The SMILES string of the molecule is Cc1[nH]c([C@H]([C@@H](C)c2ccccc2)n2c(O)c(-c3ccc(OCCO)cc3)[nH]c2=O)nc1-c1ccc(Cl)cc1. The molecule has 0 bridgehead atoms. The Hall–Kier alpha value is -4.27. The van der Waals surface area contributed by atoms with E-state index in [1.807, 2.05) is 68.4 Å². The maximum absolute atomic E-state index is 13.4. The maximum Gasteiger partial charge on any atom is 0.329 e. The van der Waals surface area contributed by atoms with Gasteiger partial charge < -0.3 is 24.9 Å². The monoisotopic (exact) mass is 544 g/mol. The molecule has 0 aliphatic heterocycles. The summed E-state index contributed by atoms with van der Waals surface area (Å²) >= 11 is 6.09. The Balaban J connectivity index is 1.61. The zero-order valence-corrected chi connectivity index (χ0v) is 22.3. The quantitative estimate of drug-likeness (QED) is 0.191. The van der Waals surface area contributed by atoms with Crippen LogP contribution in [0, 0.1) is 6.92 Å². The lowest BCUT2D eigenvalue weighted by Gasteiger charge is -2.24. The van der Waals surface area contributed by atoms with Gasteiger partial charge in [-0.2, -0.15) is 0 Å². The Morgan fingerprint density at radius 2 is 1.64 bits per heavy atom. The van der Waals surface area contributed by atoms with Gasteiger partial charge in [0.25, 0.3) is 0 Å². The second-order valence-electron chi connectivity index (χ2n) is 9.34. The Morgan fingerprint density at radius 3 is 2.31 bits per heavy atom. The van der Waals surface area contributed by atoms with Crippen molar-refractivity contribution in [1.82, 2.24) is 19.5 Å². The third-order valence-electron chi connectivity index (χ3n) is 6.78. The normalized spacial score (nSPS) is 12.8. The fourth-order valence-corrected chi connectivity index (χ4v) is 4.94. The van der Waals surface area contributed by atoms with Gasteiger partial charge in [0.2, 0.25) is 5.88 Å². The van der Waals surface area contributed by atoms with E-state index < -0.39 is 11.7 Å². The van der Waals surface area contributed by atoms with Crippen molar-refractivity contribution < 1.29 is 14.9 Å². The Kier molecular flexibility index (Phi) is 7.58. The number of halogens is 1. The second kappa shape index (κ2) is 11.2. The first-order chi connectivity index (χ1) is 18.9. The minimum Gasteiger partial charge on any atom is -0.493 e. The van der Waals surface area contributed by atoms with E-state index >= 15 is 0 Å². The molecular weight excluding hydrogens is 516 g/mol. The number of nitrogens with zero attached hydrogens (tertiary/aromatic N) is 2. The van der Waals surface area contributed by atoms with E-state index in [9.17, 15) is 9.90 Å². The standard InChI is InChI=1S/C30H29ClN4O4/c1-18(20-6-4-3-5-7-20)27(28-32-19(2)25(33-28)21-8-12-23(31)13-9-21)35-29(37)26(34-30(35)38)22-10-14-24(15-11-22)39-17-16-36/h3-15,18,27,36-37H,16-17H2,1-2H3,(H,32,33)(H,34,38)/t18-,27-/m0/s1. The van der Waals surface area contributed by atoms with Crippen molar-refractivity contribution >= 4 is 11.6 Å². The molecule has 8 nitrogen and oxygen atoms in total. The molecule has 4 N–H and O–H groups in total. The molecule has 2 atom stereocenters. The summed E-state index contributed by atoms with van der Waals surface area (Å²) in [5.74, 6) is 0.699. The summed E-state index contributed by atoms with van der Waals surface area (Å²) in [6.45, 7) is 4.02.